The monoisotopic (exact) mass is 412 g/mol. The van der Waals surface area contributed by atoms with Crippen molar-refractivity contribution in [3.05, 3.63) is 55.4 Å². The molecular formula is C12H8Br2Cl2O2. The zero-order valence-electron chi connectivity index (χ0n) is 8.87. The Labute approximate surface area is 131 Å². The molecule has 2 N–H and O–H groups in total. The van der Waals surface area contributed by atoms with E-state index in [1.54, 1.807) is 24.3 Å². The van der Waals surface area contributed by atoms with E-state index in [2.05, 4.69) is 31.9 Å². The maximum atomic E-state index is 8.89. The summed E-state index contributed by atoms with van der Waals surface area (Å²) in [6, 6.07) is 9.79. The zero-order chi connectivity index (χ0) is 13.7. The van der Waals surface area contributed by atoms with Gasteiger partial charge in [0.1, 0.15) is 11.5 Å². The minimum atomic E-state index is 0.111. The normalized spacial score (nSPS) is 9.56. The first-order chi connectivity index (χ1) is 8.40. The van der Waals surface area contributed by atoms with Crippen molar-refractivity contribution in [3.8, 4) is 11.5 Å². The summed E-state index contributed by atoms with van der Waals surface area (Å²) in [4.78, 5) is 0. The first-order valence-electron chi connectivity index (χ1n) is 4.68. The highest BCUT2D eigenvalue weighted by molar-refractivity contribution is 9.10. The summed E-state index contributed by atoms with van der Waals surface area (Å²) < 4.78 is 1.73. The van der Waals surface area contributed by atoms with Crippen LogP contribution < -0.4 is 0 Å². The van der Waals surface area contributed by atoms with Gasteiger partial charge in [0, 0.05) is 8.95 Å². The molecule has 0 radical (unpaired) electrons. The van der Waals surface area contributed by atoms with Crippen molar-refractivity contribution in [2.24, 2.45) is 0 Å². The number of rotatable bonds is 0. The van der Waals surface area contributed by atoms with E-state index in [9.17, 15) is 0 Å². The lowest BCUT2D eigenvalue weighted by Gasteiger charge is -1.93. The minimum absolute atomic E-state index is 0.111. The third-order valence-corrected chi connectivity index (χ3v) is 3.41. The molecule has 0 fully saturated rings. The number of benzene rings is 2. The molecule has 0 aromatic heterocycles. The summed E-state index contributed by atoms with van der Waals surface area (Å²) in [5.74, 6) is 0.222. The fourth-order valence-electron chi connectivity index (χ4n) is 0.963. The predicted octanol–water partition coefficient (Wildman–Crippen LogP) is 5.62. The molecule has 0 saturated carbocycles. The highest BCUT2D eigenvalue weighted by Gasteiger charge is 1.96. The molecule has 96 valence electrons. The number of halogens is 4. The van der Waals surface area contributed by atoms with E-state index in [0.29, 0.717) is 10.0 Å². The van der Waals surface area contributed by atoms with Gasteiger partial charge in [-0.2, -0.15) is 0 Å². The Morgan fingerprint density at radius 3 is 1.28 bits per heavy atom. The Hall–Kier alpha value is -0.420. The number of hydrogen-bond acceptors (Lipinski definition) is 2. The van der Waals surface area contributed by atoms with Gasteiger partial charge in [-0.3, -0.25) is 0 Å². The molecule has 2 nitrogen and oxygen atoms in total. The number of phenolic OH excluding ortho intramolecular Hbond substituents is 2. The molecule has 0 atom stereocenters. The zero-order valence-corrected chi connectivity index (χ0v) is 13.6. The van der Waals surface area contributed by atoms with Crippen molar-refractivity contribution in [1.82, 2.24) is 0 Å². The van der Waals surface area contributed by atoms with Crippen LogP contribution in [0.3, 0.4) is 0 Å². The number of aromatic hydroxyl groups is 2. The Kier molecular flexibility index (Phi) is 6.29. The first kappa shape index (κ1) is 15.6. The van der Waals surface area contributed by atoms with Gasteiger partial charge in [0.05, 0.1) is 10.0 Å². The highest BCUT2D eigenvalue weighted by atomic mass is 79.9. The Balaban J connectivity index is 0.000000180. The molecule has 0 saturated heterocycles. The van der Waals surface area contributed by atoms with Crippen LogP contribution in [0.4, 0.5) is 0 Å². The summed E-state index contributed by atoms with van der Waals surface area (Å²) >= 11 is 17.5. The van der Waals surface area contributed by atoms with Crippen LogP contribution in [0.25, 0.3) is 0 Å². The smallest absolute Gasteiger partial charge is 0.134 e. The van der Waals surface area contributed by atoms with Crippen LogP contribution in [0.1, 0.15) is 0 Å². The van der Waals surface area contributed by atoms with Gasteiger partial charge in [-0.15, -0.1) is 0 Å². The van der Waals surface area contributed by atoms with E-state index in [1.807, 2.05) is 0 Å². The molecule has 0 bridgehead atoms. The molecule has 0 spiro atoms. The quantitative estimate of drug-likeness (QED) is 0.587. The summed E-state index contributed by atoms with van der Waals surface area (Å²) in [7, 11) is 0. The van der Waals surface area contributed by atoms with Crippen LogP contribution in [0.5, 0.6) is 11.5 Å². The van der Waals surface area contributed by atoms with Gasteiger partial charge in [-0.05, 0) is 36.4 Å². The van der Waals surface area contributed by atoms with Crippen LogP contribution in [-0.2, 0) is 0 Å². The summed E-state index contributed by atoms with van der Waals surface area (Å²) in [6.45, 7) is 0. The first-order valence-corrected chi connectivity index (χ1v) is 7.02. The molecule has 0 unspecified atom stereocenters. The fraction of sp³-hybridized carbons (Fsp3) is 0. The summed E-state index contributed by atoms with van der Waals surface area (Å²) in [5.41, 5.74) is 0. The Morgan fingerprint density at radius 1 is 0.722 bits per heavy atom. The molecule has 6 heteroatoms. The molecule has 0 aliphatic rings. The molecule has 2 aromatic carbocycles. The minimum Gasteiger partial charge on any atom is -0.506 e. The number of phenols is 2. The van der Waals surface area contributed by atoms with Crippen molar-refractivity contribution in [1.29, 1.82) is 0 Å². The van der Waals surface area contributed by atoms with E-state index >= 15 is 0 Å². The maximum Gasteiger partial charge on any atom is 0.134 e. The number of hydrogen-bond donors (Lipinski definition) is 2. The lowest BCUT2D eigenvalue weighted by molar-refractivity contribution is 0.475. The van der Waals surface area contributed by atoms with E-state index in [1.165, 1.54) is 12.1 Å². The van der Waals surface area contributed by atoms with E-state index in [0.717, 1.165) is 8.95 Å². The van der Waals surface area contributed by atoms with Crippen molar-refractivity contribution in [3.63, 3.8) is 0 Å². The second-order valence-corrected chi connectivity index (χ2v) is 5.84. The van der Waals surface area contributed by atoms with Crippen molar-refractivity contribution in [2.45, 2.75) is 0 Å². The van der Waals surface area contributed by atoms with E-state index in [-0.39, 0.29) is 11.5 Å². The van der Waals surface area contributed by atoms with Crippen LogP contribution in [0.15, 0.2) is 45.3 Å². The molecule has 0 amide bonds. The molecule has 0 aliphatic carbocycles. The van der Waals surface area contributed by atoms with Crippen LogP contribution in [0.2, 0.25) is 10.0 Å². The lowest BCUT2D eigenvalue weighted by Crippen LogP contribution is -1.66. The second kappa shape index (κ2) is 7.24. The summed E-state index contributed by atoms with van der Waals surface area (Å²) in [6.07, 6.45) is 0. The second-order valence-electron chi connectivity index (χ2n) is 3.19. The highest BCUT2D eigenvalue weighted by Crippen LogP contribution is 2.26. The average molecular weight is 415 g/mol. The van der Waals surface area contributed by atoms with Crippen LogP contribution >= 0.6 is 55.1 Å². The van der Waals surface area contributed by atoms with Crippen molar-refractivity contribution < 1.29 is 10.2 Å². The van der Waals surface area contributed by atoms with Gasteiger partial charge in [0.2, 0.25) is 0 Å². The van der Waals surface area contributed by atoms with Gasteiger partial charge in [0.25, 0.3) is 0 Å². The molecule has 2 aromatic rings. The molecule has 2 rings (SSSR count). The van der Waals surface area contributed by atoms with Gasteiger partial charge in [-0.1, -0.05) is 55.1 Å². The summed E-state index contributed by atoms with van der Waals surface area (Å²) in [5, 5.41) is 18.5. The Morgan fingerprint density at radius 2 is 1.06 bits per heavy atom. The van der Waals surface area contributed by atoms with Crippen molar-refractivity contribution >= 4 is 55.1 Å². The van der Waals surface area contributed by atoms with E-state index < -0.39 is 0 Å². The molecule has 0 heterocycles. The maximum absolute atomic E-state index is 8.89. The lowest BCUT2D eigenvalue weighted by atomic mass is 10.3. The average Bonchev–Trinajstić information content (AvgIpc) is 2.30. The van der Waals surface area contributed by atoms with Gasteiger partial charge < -0.3 is 10.2 Å². The van der Waals surface area contributed by atoms with Crippen LogP contribution in [0, 0.1) is 0 Å². The van der Waals surface area contributed by atoms with Gasteiger partial charge >= 0.3 is 0 Å². The molecule has 18 heavy (non-hydrogen) atoms. The Bertz CT molecular complexity index is 498. The third-order valence-electron chi connectivity index (χ3n) is 1.82. The third kappa shape index (κ3) is 5.06. The fourth-order valence-corrected chi connectivity index (χ4v) is 2.31. The largest absolute Gasteiger partial charge is 0.506 e. The van der Waals surface area contributed by atoms with E-state index in [4.69, 9.17) is 33.4 Å². The SMILES string of the molecule is Oc1ccc(Br)cc1Cl.Oc1ccc(Br)cc1Cl. The topological polar surface area (TPSA) is 40.5 Å². The van der Waals surface area contributed by atoms with Gasteiger partial charge in [-0.25, -0.2) is 0 Å². The molecular weight excluding hydrogens is 407 g/mol. The predicted molar refractivity (Wildman–Crippen MR) is 81.6 cm³/mol. The van der Waals surface area contributed by atoms with Crippen LogP contribution in [-0.4, -0.2) is 10.2 Å². The standard InChI is InChI=1S/2C6H4BrClO/c2*7-4-1-2-6(9)5(8)3-4/h2*1-3,9H. The van der Waals surface area contributed by atoms with Crippen molar-refractivity contribution in [2.75, 3.05) is 0 Å². The molecule has 0 aliphatic heterocycles. The van der Waals surface area contributed by atoms with Gasteiger partial charge in [0.15, 0.2) is 0 Å².